The van der Waals surface area contributed by atoms with Gasteiger partial charge in [-0.25, -0.2) is 8.42 Å². The van der Waals surface area contributed by atoms with Crippen LogP contribution in [-0.4, -0.2) is 46.4 Å². The van der Waals surface area contributed by atoms with Gasteiger partial charge in [0.15, 0.2) is 0 Å². The lowest BCUT2D eigenvalue weighted by Gasteiger charge is -2.13. The molecular weight excluding hydrogens is 433 g/mol. The third kappa shape index (κ3) is 5.99. The molecule has 0 spiro atoms. The fourth-order valence-electron chi connectivity index (χ4n) is 2.12. The van der Waals surface area contributed by atoms with Crippen LogP contribution >= 0.6 is 34.8 Å². The molecule has 0 saturated heterocycles. The second kappa shape index (κ2) is 9.12. The van der Waals surface area contributed by atoms with Gasteiger partial charge in [0.2, 0.25) is 0 Å². The Morgan fingerprint density at radius 2 is 1.70 bits per heavy atom. The zero-order valence-corrected chi connectivity index (χ0v) is 17.7. The molecule has 0 saturated carbocycles. The minimum atomic E-state index is -4.09. The highest BCUT2D eigenvalue weighted by molar-refractivity contribution is 7.92. The lowest BCUT2D eigenvalue weighted by molar-refractivity contribution is 0.0951. The molecule has 0 aliphatic rings. The van der Waals surface area contributed by atoms with Crippen molar-refractivity contribution >= 4 is 56.4 Å². The van der Waals surface area contributed by atoms with Crippen LogP contribution in [0.2, 0.25) is 15.1 Å². The normalized spacial score (nSPS) is 11.5. The standard InChI is InChI=1S/C17H18Cl3N3O3S/c1-23(2)8-7-21-17(24)11-3-5-14(20)16(9-11)27(25,26)22-15-10-12(18)4-6-13(15)19/h3-6,9-10,22H,7-8H2,1-2H3,(H,21,24). The van der Waals surface area contributed by atoms with E-state index >= 15 is 0 Å². The molecule has 0 radical (unpaired) electrons. The third-order valence-corrected chi connectivity index (χ3v) is 5.91. The molecule has 0 unspecified atom stereocenters. The number of nitrogens with zero attached hydrogens (tertiary/aromatic N) is 1. The maximum Gasteiger partial charge on any atom is 0.263 e. The van der Waals surface area contributed by atoms with Gasteiger partial charge in [-0.05, 0) is 50.5 Å². The van der Waals surface area contributed by atoms with Crippen LogP contribution in [0.5, 0.6) is 0 Å². The zero-order valence-electron chi connectivity index (χ0n) is 14.6. The molecule has 6 nitrogen and oxygen atoms in total. The lowest BCUT2D eigenvalue weighted by Crippen LogP contribution is -2.31. The van der Waals surface area contributed by atoms with Crippen molar-refractivity contribution in [2.75, 3.05) is 31.9 Å². The summed E-state index contributed by atoms with van der Waals surface area (Å²) < 4.78 is 27.8. The first kappa shape index (κ1) is 21.8. The Bertz CT molecular complexity index is 950. The number of hydrogen-bond acceptors (Lipinski definition) is 4. The molecule has 0 aliphatic carbocycles. The lowest BCUT2D eigenvalue weighted by atomic mass is 10.2. The number of hydrogen-bond donors (Lipinski definition) is 2. The van der Waals surface area contributed by atoms with Gasteiger partial charge in [-0.15, -0.1) is 0 Å². The molecule has 2 aromatic rings. The number of halogens is 3. The van der Waals surface area contributed by atoms with Crippen molar-refractivity contribution in [2.45, 2.75) is 4.90 Å². The molecule has 2 N–H and O–H groups in total. The number of anilines is 1. The Hall–Kier alpha value is -1.51. The van der Waals surface area contributed by atoms with Crippen LogP contribution in [0.1, 0.15) is 10.4 Å². The van der Waals surface area contributed by atoms with Crippen molar-refractivity contribution in [1.29, 1.82) is 0 Å². The van der Waals surface area contributed by atoms with E-state index in [4.69, 9.17) is 34.8 Å². The van der Waals surface area contributed by atoms with E-state index < -0.39 is 15.9 Å². The molecule has 27 heavy (non-hydrogen) atoms. The number of likely N-dealkylation sites (N-methyl/N-ethyl adjacent to an activating group) is 1. The van der Waals surface area contributed by atoms with Gasteiger partial charge in [-0.1, -0.05) is 34.8 Å². The summed E-state index contributed by atoms with van der Waals surface area (Å²) >= 11 is 17.9. The molecule has 0 aliphatic heterocycles. The summed E-state index contributed by atoms with van der Waals surface area (Å²) in [5, 5.41) is 3.19. The van der Waals surface area contributed by atoms with Crippen molar-refractivity contribution in [1.82, 2.24) is 10.2 Å². The summed E-state index contributed by atoms with van der Waals surface area (Å²) in [4.78, 5) is 13.9. The van der Waals surface area contributed by atoms with Crippen LogP contribution in [0, 0.1) is 0 Å². The average Bonchev–Trinajstić information content (AvgIpc) is 2.57. The van der Waals surface area contributed by atoms with E-state index in [2.05, 4.69) is 10.0 Å². The predicted octanol–water partition coefficient (Wildman–Crippen LogP) is 3.74. The fraction of sp³-hybridized carbons (Fsp3) is 0.235. The number of sulfonamides is 1. The summed E-state index contributed by atoms with van der Waals surface area (Å²) in [6, 6.07) is 8.42. The van der Waals surface area contributed by atoms with Gasteiger partial charge in [-0.2, -0.15) is 0 Å². The molecule has 146 valence electrons. The van der Waals surface area contributed by atoms with Gasteiger partial charge in [0.25, 0.3) is 15.9 Å². The molecule has 1 amide bonds. The minimum absolute atomic E-state index is 0.0227. The van der Waals surface area contributed by atoms with Crippen LogP contribution in [-0.2, 0) is 10.0 Å². The second-order valence-corrected chi connectivity index (χ2v) is 8.84. The minimum Gasteiger partial charge on any atom is -0.351 e. The predicted molar refractivity (Wildman–Crippen MR) is 110 cm³/mol. The number of carbonyl (C=O) groups is 1. The van der Waals surface area contributed by atoms with E-state index in [1.54, 1.807) is 0 Å². The van der Waals surface area contributed by atoms with E-state index in [0.29, 0.717) is 18.1 Å². The number of amides is 1. The van der Waals surface area contributed by atoms with Crippen molar-refractivity contribution in [3.8, 4) is 0 Å². The van der Waals surface area contributed by atoms with Crippen LogP contribution in [0.3, 0.4) is 0 Å². The van der Waals surface area contributed by atoms with E-state index in [-0.39, 0.29) is 26.2 Å². The maximum absolute atomic E-state index is 12.7. The molecule has 10 heteroatoms. The maximum atomic E-state index is 12.7. The molecule has 0 heterocycles. The largest absolute Gasteiger partial charge is 0.351 e. The molecule has 2 rings (SSSR count). The highest BCUT2D eigenvalue weighted by atomic mass is 35.5. The van der Waals surface area contributed by atoms with Crippen LogP contribution in [0.25, 0.3) is 0 Å². The summed E-state index contributed by atoms with van der Waals surface area (Å²) in [5.74, 6) is -0.397. The summed E-state index contributed by atoms with van der Waals surface area (Å²) in [7, 11) is -0.325. The van der Waals surface area contributed by atoms with Crippen LogP contribution in [0.4, 0.5) is 5.69 Å². The van der Waals surface area contributed by atoms with Crippen molar-refractivity contribution < 1.29 is 13.2 Å². The Morgan fingerprint density at radius 3 is 2.37 bits per heavy atom. The average molecular weight is 451 g/mol. The van der Waals surface area contributed by atoms with Gasteiger partial charge in [0.1, 0.15) is 4.90 Å². The van der Waals surface area contributed by atoms with Gasteiger partial charge >= 0.3 is 0 Å². The summed E-state index contributed by atoms with van der Waals surface area (Å²) in [6.45, 7) is 1.08. The van der Waals surface area contributed by atoms with Gasteiger partial charge in [0, 0.05) is 23.7 Å². The number of carbonyl (C=O) groups excluding carboxylic acids is 1. The third-order valence-electron chi connectivity index (χ3n) is 3.50. The van der Waals surface area contributed by atoms with Gasteiger partial charge in [-0.3, -0.25) is 9.52 Å². The van der Waals surface area contributed by atoms with Gasteiger partial charge < -0.3 is 10.2 Å². The Kier molecular flexibility index (Phi) is 7.36. The van der Waals surface area contributed by atoms with E-state index in [0.717, 1.165) is 0 Å². The Labute approximate surface area is 173 Å². The van der Waals surface area contributed by atoms with E-state index in [1.165, 1.54) is 36.4 Å². The first-order chi connectivity index (χ1) is 12.6. The molecular formula is C17H18Cl3N3O3S. The van der Waals surface area contributed by atoms with E-state index in [1.807, 2.05) is 19.0 Å². The SMILES string of the molecule is CN(C)CCNC(=O)c1ccc(Cl)c(S(=O)(=O)Nc2cc(Cl)ccc2Cl)c1. The monoisotopic (exact) mass is 449 g/mol. The first-order valence-corrected chi connectivity index (χ1v) is 10.4. The highest BCUT2D eigenvalue weighted by Crippen LogP contribution is 2.30. The van der Waals surface area contributed by atoms with Crippen LogP contribution < -0.4 is 10.0 Å². The van der Waals surface area contributed by atoms with Crippen molar-refractivity contribution in [3.63, 3.8) is 0 Å². The first-order valence-electron chi connectivity index (χ1n) is 7.80. The topological polar surface area (TPSA) is 78.5 Å². The number of rotatable bonds is 7. The molecule has 0 fully saturated rings. The fourth-order valence-corrected chi connectivity index (χ4v) is 4.11. The molecule has 0 atom stereocenters. The highest BCUT2D eigenvalue weighted by Gasteiger charge is 2.21. The smallest absolute Gasteiger partial charge is 0.263 e. The Morgan fingerprint density at radius 1 is 1.04 bits per heavy atom. The van der Waals surface area contributed by atoms with Crippen LogP contribution in [0.15, 0.2) is 41.3 Å². The molecule has 0 bridgehead atoms. The summed E-state index contributed by atoms with van der Waals surface area (Å²) in [6.07, 6.45) is 0. The van der Waals surface area contributed by atoms with Gasteiger partial charge in [0.05, 0.1) is 15.7 Å². The molecule has 0 aromatic heterocycles. The molecule has 2 aromatic carbocycles. The quantitative estimate of drug-likeness (QED) is 0.673. The number of nitrogens with one attached hydrogen (secondary N) is 2. The van der Waals surface area contributed by atoms with Crippen molar-refractivity contribution in [3.05, 3.63) is 57.0 Å². The zero-order chi connectivity index (χ0) is 20.2. The van der Waals surface area contributed by atoms with E-state index in [9.17, 15) is 13.2 Å². The van der Waals surface area contributed by atoms with Crippen molar-refractivity contribution in [2.24, 2.45) is 0 Å². The second-order valence-electron chi connectivity index (χ2n) is 5.93. The summed E-state index contributed by atoms with van der Waals surface area (Å²) in [5.41, 5.74) is 0.289. The number of benzene rings is 2. The Balaban J connectivity index is 2.28.